The molecule has 2 aliphatic carbocycles. The summed E-state index contributed by atoms with van der Waals surface area (Å²) in [5, 5.41) is 13.5. The molecule has 6 atom stereocenters. The summed E-state index contributed by atoms with van der Waals surface area (Å²) in [6.07, 6.45) is -8.32. The van der Waals surface area contributed by atoms with Gasteiger partial charge >= 0.3 is 12.4 Å². The molecule has 2 saturated heterocycles. The van der Waals surface area contributed by atoms with E-state index in [2.05, 4.69) is 25.9 Å². The van der Waals surface area contributed by atoms with Crippen LogP contribution in [-0.4, -0.2) is 62.8 Å². The van der Waals surface area contributed by atoms with Crippen LogP contribution in [0.4, 0.5) is 38.0 Å². The molecule has 0 bridgehead atoms. The average molecular weight is 862 g/mol. The molecule has 11 nitrogen and oxygen atoms in total. The molecule has 0 radical (unpaired) electrons. The molecule has 4 heterocycles. The zero-order chi connectivity index (χ0) is 39.3. The summed E-state index contributed by atoms with van der Waals surface area (Å²) >= 11 is 15.8. The lowest BCUT2D eigenvalue weighted by molar-refractivity contribution is -0.143. The lowest BCUT2D eigenvalue weighted by Crippen LogP contribution is -2.46. The second-order valence-electron chi connectivity index (χ2n) is 13.3. The van der Waals surface area contributed by atoms with Crippen molar-refractivity contribution in [3.63, 3.8) is 0 Å². The van der Waals surface area contributed by atoms with Gasteiger partial charge in [0.15, 0.2) is 11.6 Å². The zero-order valence-corrected chi connectivity index (χ0v) is 30.8. The molecule has 3 aromatic rings. The number of rotatable bonds is 5. The van der Waals surface area contributed by atoms with E-state index >= 15 is 0 Å². The summed E-state index contributed by atoms with van der Waals surface area (Å²) in [5.41, 5.74) is -2.00. The molecule has 0 spiro atoms. The Hall–Kier alpha value is -4.42. The average Bonchev–Trinajstić information content (AvgIpc) is 3.50. The molecule has 2 aliphatic heterocycles. The number of phenols is 1. The van der Waals surface area contributed by atoms with Crippen LogP contribution in [0.25, 0.3) is 0 Å². The number of hydrogen-bond donors (Lipinski definition) is 1. The van der Waals surface area contributed by atoms with Gasteiger partial charge in [0, 0.05) is 30.0 Å². The predicted octanol–water partition coefficient (Wildman–Crippen LogP) is 7.03. The molecule has 6 unspecified atom stereocenters. The van der Waals surface area contributed by atoms with Gasteiger partial charge in [0.25, 0.3) is 23.6 Å². The number of anilines is 2. The van der Waals surface area contributed by atoms with Gasteiger partial charge in [-0.15, -0.1) is 0 Å². The number of alkyl halides is 6. The van der Waals surface area contributed by atoms with E-state index < -0.39 is 94.5 Å². The number of halogens is 9. The first kappa shape index (κ1) is 37.9. The van der Waals surface area contributed by atoms with Crippen molar-refractivity contribution < 1.29 is 50.6 Å². The van der Waals surface area contributed by atoms with E-state index in [-0.39, 0.29) is 34.2 Å². The first-order valence-electron chi connectivity index (χ1n) is 16.1. The van der Waals surface area contributed by atoms with Crippen LogP contribution < -0.4 is 10.0 Å². The SMILES string of the molecule is CN(c1nc(C(F)(F)F)ccc1Cl)N1C(=O)C2CC=C3C(CC4C(=O)N(N(C)c5nc(C(F)(F)F)ccc5Cl)C(=O)C4C3c3cc(Br)ccc3O)C2C1=O. The molecule has 4 amide bonds. The Balaban J connectivity index is 1.30. The van der Waals surface area contributed by atoms with Crippen LogP contribution >= 0.6 is 39.1 Å². The standard InChI is InChI=1S/C34H25BrCl2F6N6O5/c1-46(27-19(36)6-9-22(44-27)33(38,39)40)48-29(51)15-5-4-14-16(25(15)31(48)53)12-18-26(24(14)17-11-13(35)3-8-21(17)50)32(54)49(30(18)52)47(2)28-20(37)7-10-23(45-28)34(41,42)43/h3-4,6-11,15-16,18,24-26,50H,5,12H2,1-2H3. The normalized spacial score (nSPS) is 25.4. The summed E-state index contributed by atoms with van der Waals surface area (Å²) in [6, 6.07) is 7.58. The van der Waals surface area contributed by atoms with Gasteiger partial charge in [-0.25, -0.2) is 9.97 Å². The Morgan fingerprint density at radius 1 is 0.741 bits per heavy atom. The van der Waals surface area contributed by atoms with E-state index in [1.54, 1.807) is 6.08 Å². The third-order valence-electron chi connectivity index (χ3n) is 10.4. The highest BCUT2D eigenvalue weighted by Gasteiger charge is 2.63. The molecule has 3 fully saturated rings. The number of phenolic OH excluding ortho intramolecular Hbond substituents is 1. The fourth-order valence-electron chi connectivity index (χ4n) is 8.09. The van der Waals surface area contributed by atoms with Crippen LogP contribution in [0.1, 0.15) is 35.7 Å². The molecule has 1 saturated carbocycles. The highest BCUT2D eigenvalue weighted by Crippen LogP contribution is 2.59. The molecular formula is C34H25BrCl2F6N6O5. The van der Waals surface area contributed by atoms with Crippen LogP contribution in [0, 0.1) is 29.6 Å². The molecule has 54 heavy (non-hydrogen) atoms. The van der Waals surface area contributed by atoms with Gasteiger partial charge < -0.3 is 5.11 Å². The minimum atomic E-state index is -4.88. The van der Waals surface area contributed by atoms with E-state index in [0.29, 0.717) is 32.2 Å². The monoisotopic (exact) mass is 860 g/mol. The highest BCUT2D eigenvalue weighted by atomic mass is 79.9. The quantitative estimate of drug-likeness (QED) is 0.164. The van der Waals surface area contributed by atoms with Crippen LogP contribution in [-0.2, 0) is 31.5 Å². The number of benzene rings is 1. The van der Waals surface area contributed by atoms with Gasteiger partial charge in [-0.05, 0) is 61.2 Å². The number of aromatic nitrogens is 2. The second kappa shape index (κ2) is 13.1. The number of aromatic hydroxyl groups is 1. The molecule has 284 valence electrons. The van der Waals surface area contributed by atoms with Gasteiger partial charge in [-0.2, -0.15) is 36.4 Å². The van der Waals surface area contributed by atoms with Gasteiger partial charge in [0.2, 0.25) is 0 Å². The number of pyridine rings is 2. The number of carbonyl (C=O) groups is 4. The minimum absolute atomic E-state index is 0.0483. The number of hydrazine groups is 2. The van der Waals surface area contributed by atoms with Gasteiger partial charge in [-0.3, -0.25) is 29.2 Å². The summed E-state index contributed by atoms with van der Waals surface area (Å²) in [6.45, 7) is 0. The Labute approximate surface area is 320 Å². The van der Waals surface area contributed by atoms with Gasteiger partial charge in [-0.1, -0.05) is 50.8 Å². The minimum Gasteiger partial charge on any atom is -0.508 e. The van der Waals surface area contributed by atoms with Crippen molar-refractivity contribution in [3.8, 4) is 5.75 Å². The van der Waals surface area contributed by atoms with Crippen molar-refractivity contribution in [1.82, 2.24) is 20.0 Å². The maximum absolute atomic E-state index is 14.4. The van der Waals surface area contributed by atoms with E-state index in [9.17, 15) is 50.6 Å². The number of fused-ring (bicyclic) bond motifs is 4. The Morgan fingerprint density at radius 2 is 1.24 bits per heavy atom. The first-order chi connectivity index (χ1) is 25.2. The lowest BCUT2D eigenvalue weighted by atomic mass is 9.57. The largest absolute Gasteiger partial charge is 0.508 e. The highest BCUT2D eigenvalue weighted by molar-refractivity contribution is 9.10. The van der Waals surface area contributed by atoms with Crippen LogP contribution in [0.15, 0.2) is 58.6 Å². The van der Waals surface area contributed by atoms with Crippen molar-refractivity contribution in [2.24, 2.45) is 29.6 Å². The Bertz CT molecular complexity index is 2170. The Morgan fingerprint density at radius 3 is 1.76 bits per heavy atom. The van der Waals surface area contributed by atoms with E-state index in [1.807, 2.05) is 0 Å². The van der Waals surface area contributed by atoms with Crippen molar-refractivity contribution >= 4 is 74.4 Å². The third kappa shape index (κ3) is 5.96. The summed E-state index contributed by atoms with van der Waals surface area (Å²) in [7, 11) is 2.31. The van der Waals surface area contributed by atoms with Crippen LogP contribution in [0.3, 0.4) is 0 Å². The van der Waals surface area contributed by atoms with Crippen LogP contribution in [0.2, 0.25) is 10.0 Å². The molecule has 7 rings (SSSR count). The smallest absolute Gasteiger partial charge is 0.433 e. The summed E-state index contributed by atoms with van der Waals surface area (Å²) in [5.74, 6) is -11.2. The number of allylic oxidation sites excluding steroid dienone is 2. The fourth-order valence-corrected chi connectivity index (χ4v) is 8.93. The maximum atomic E-state index is 14.4. The topological polar surface area (TPSA) is 127 Å². The molecule has 2 aromatic heterocycles. The first-order valence-corrected chi connectivity index (χ1v) is 17.7. The second-order valence-corrected chi connectivity index (χ2v) is 15.0. The number of imide groups is 2. The molecular weight excluding hydrogens is 837 g/mol. The zero-order valence-electron chi connectivity index (χ0n) is 27.7. The van der Waals surface area contributed by atoms with Crippen molar-refractivity contribution in [2.75, 3.05) is 24.1 Å². The van der Waals surface area contributed by atoms with Gasteiger partial charge in [0.05, 0.1) is 33.7 Å². The molecule has 1 N–H and O–H groups in total. The fraction of sp³-hybridized carbons (Fsp3) is 0.353. The predicted molar refractivity (Wildman–Crippen MR) is 182 cm³/mol. The van der Waals surface area contributed by atoms with E-state index in [0.717, 1.165) is 36.2 Å². The van der Waals surface area contributed by atoms with Crippen molar-refractivity contribution in [1.29, 1.82) is 0 Å². The number of hydrogen-bond acceptors (Lipinski definition) is 9. The van der Waals surface area contributed by atoms with Crippen molar-refractivity contribution in [3.05, 3.63) is 85.6 Å². The summed E-state index contributed by atoms with van der Waals surface area (Å²) in [4.78, 5) is 64.1. The third-order valence-corrected chi connectivity index (χ3v) is 11.5. The van der Waals surface area contributed by atoms with E-state index in [4.69, 9.17) is 23.2 Å². The number of carbonyl (C=O) groups excluding carboxylic acids is 4. The Kier molecular flexibility index (Phi) is 9.20. The molecule has 4 aliphatic rings. The number of nitrogens with zero attached hydrogens (tertiary/aromatic N) is 6. The van der Waals surface area contributed by atoms with Crippen LogP contribution in [0.5, 0.6) is 5.75 Å². The number of amides is 4. The lowest BCUT2D eigenvalue weighted by Gasteiger charge is -2.44. The maximum Gasteiger partial charge on any atom is 0.433 e. The molecule has 1 aromatic carbocycles. The van der Waals surface area contributed by atoms with Crippen molar-refractivity contribution in [2.45, 2.75) is 31.1 Å². The van der Waals surface area contributed by atoms with Gasteiger partial charge in [0.1, 0.15) is 17.1 Å². The molecule has 20 heteroatoms. The van der Waals surface area contributed by atoms with E-state index in [1.165, 1.54) is 18.2 Å². The summed E-state index contributed by atoms with van der Waals surface area (Å²) < 4.78 is 82.0.